The van der Waals surface area contributed by atoms with Crippen molar-refractivity contribution in [3.05, 3.63) is 47.5 Å². The average molecular weight is 381 g/mol. The van der Waals surface area contributed by atoms with Gasteiger partial charge in [-0.3, -0.25) is 4.79 Å². The predicted molar refractivity (Wildman–Crippen MR) is 107 cm³/mol. The standard InChI is InChI=1S/C21H23N3O4/c22-12-18(21(27)23-13-20(26)14-25)10-15-1-2-17-11-19(4-3-16(17)9-15)24-5-7-28-8-6-24/h1-4,9-11,20,25-26H,5-8,13-14H2,(H,23,27)/b18-10+. The molecule has 1 aliphatic rings. The molecule has 0 spiro atoms. The first-order valence-corrected chi connectivity index (χ1v) is 9.16. The molecule has 1 amide bonds. The molecule has 7 heteroatoms. The van der Waals surface area contributed by atoms with E-state index in [1.807, 2.05) is 30.3 Å². The van der Waals surface area contributed by atoms with Crippen molar-refractivity contribution in [2.75, 3.05) is 44.4 Å². The van der Waals surface area contributed by atoms with Gasteiger partial charge in [0, 0.05) is 25.3 Å². The van der Waals surface area contributed by atoms with Crippen LogP contribution in [0, 0.1) is 11.3 Å². The third kappa shape index (κ3) is 4.87. The van der Waals surface area contributed by atoms with Crippen LogP contribution in [0.25, 0.3) is 16.8 Å². The van der Waals surface area contributed by atoms with E-state index in [0.29, 0.717) is 0 Å². The SMILES string of the molecule is N#C/C(=C\c1ccc2cc(N3CCOCC3)ccc2c1)C(=O)NCC(O)CO. The van der Waals surface area contributed by atoms with Gasteiger partial charge in [-0.15, -0.1) is 0 Å². The quantitative estimate of drug-likeness (QED) is 0.510. The Morgan fingerprint density at radius 2 is 1.96 bits per heavy atom. The summed E-state index contributed by atoms with van der Waals surface area (Å²) in [5.74, 6) is -0.585. The number of morpholine rings is 1. The number of rotatable bonds is 6. The number of aliphatic hydroxyl groups is 2. The monoisotopic (exact) mass is 381 g/mol. The van der Waals surface area contributed by atoms with Gasteiger partial charge in [0.05, 0.1) is 25.9 Å². The van der Waals surface area contributed by atoms with Crippen molar-refractivity contribution in [1.82, 2.24) is 5.32 Å². The van der Waals surface area contributed by atoms with Crippen molar-refractivity contribution in [1.29, 1.82) is 5.26 Å². The van der Waals surface area contributed by atoms with Crippen molar-refractivity contribution >= 4 is 28.4 Å². The summed E-state index contributed by atoms with van der Waals surface area (Å²) < 4.78 is 5.39. The normalized spacial score (nSPS) is 15.9. The van der Waals surface area contributed by atoms with Crippen LogP contribution < -0.4 is 10.2 Å². The smallest absolute Gasteiger partial charge is 0.262 e. The van der Waals surface area contributed by atoms with Gasteiger partial charge < -0.3 is 25.2 Å². The van der Waals surface area contributed by atoms with Gasteiger partial charge in [0.2, 0.25) is 0 Å². The zero-order chi connectivity index (χ0) is 19.9. The Labute approximate surface area is 163 Å². The average Bonchev–Trinajstić information content (AvgIpc) is 2.75. The molecule has 1 aliphatic heterocycles. The van der Waals surface area contributed by atoms with Gasteiger partial charge in [0.25, 0.3) is 5.91 Å². The molecule has 2 aromatic carbocycles. The molecule has 3 rings (SSSR count). The summed E-state index contributed by atoms with van der Waals surface area (Å²) in [4.78, 5) is 14.4. The zero-order valence-corrected chi connectivity index (χ0v) is 15.5. The van der Waals surface area contributed by atoms with Crippen LogP contribution >= 0.6 is 0 Å². The van der Waals surface area contributed by atoms with E-state index in [1.54, 1.807) is 0 Å². The summed E-state index contributed by atoms with van der Waals surface area (Å²) in [6.07, 6.45) is 0.459. The lowest BCUT2D eigenvalue weighted by Gasteiger charge is -2.29. The Morgan fingerprint density at radius 1 is 1.25 bits per heavy atom. The molecule has 0 aromatic heterocycles. The first kappa shape index (κ1) is 19.8. The molecule has 1 fully saturated rings. The molecule has 1 heterocycles. The van der Waals surface area contributed by atoms with Crippen LogP contribution in [0.2, 0.25) is 0 Å². The Balaban J connectivity index is 1.78. The molecule has 0 bridgehead atoms. The van der Waals surface area contributed by atoms with Gasteiger partial charge in [0.1, 0.15) is 11.6 Å². The Kier molecular flexibility index (Phi) is 6.61. The van der Waals surface area contributed by atoms with Gasteiger partial charge in [-0.25, -0.2) is 0 Å². The number of aliphatic hydroxyl groups excluding tert-OH is 2. The highest BCUT2D eigenvalue weighted by molar-refractivity contribution is 6.02. The van der Waals surface area contributed by atoms with Gasteiger partial charge in [0.15, 0.2) is 0 Å². The number of ether oxygens (including phenoxy) is 1. The summed E-state index contributed by atoms with van der Waals surface area (Å²) in [7, 11) is 0. The van der Waals surface area contributed by atoms with Crippen molar-refractivity contribution in [2.24, 2.45) is 0 Å². The van der Waals surface area contributed by atoms with Crippen LogP contribution in [0.1, 0.15) is 5.56 Å². The fraction of sp³-hybridized carbons (Fsp3) is 0.333. The molecule has 2 aromatic rings. The predicted octanol–water partition coefficient (Wildman–Crippen LogP) is 1.05. The number of nitrogens with one attached hydrogen (secondary N) is 1. The molecule has 0 aliphatic carbocycles. The van der Waals surface area contributed by atoms with Crippen LogP contribution in [0.4, 0.5) is 5.69 Å². The number of carbonyl (C=O) groups is 1. The Bertz CT molecular complexity index is 913. The summed E-state index contributed by atoms with van der Waals surface area (Å²) in [5, 5.41) is 31.9. The highest BCUT2D eigenvalue weighted by Gasteiger charge is 2.13. The van der Waals surface area contributed by atoms with Crippen LogP contribution in [0.5, 0.6) is 0 Å². The molecule has 28 heavy (non-hydrogen) atoms. The largest absolute Gasteiger partial charge is 0.394 e. The number of hydrogen-bond acceptors (Lipinski definition) is 6. The summed E-state index contributed by atoms with van der Waals surface area (Å²) in [6, 6.07) is 13.8. The van der Waals surface area contributed by atoms with Gasteiger partial charge in [-0.1, -0.05) is 18.2 Å². The second-order valence-corrected chi connectivity index (χ2v) is 6.61. The molecule has 1 unspecified atom stereocenters. The minimum atomic E-state index is -1.05. The number of amides is 1. The van der Waals surface area contributed by atoms with Gasteiger partial charge >= 0.3 is 0 Å². The fourth-order valence-corrected chi connectivity index (χ4v) is 3.05. The number of anilines is 1. The molecule has 146 valence electrons. The van der Waals surface area contributed by atoms with E-state index in [0.717, 1.165) is 48.3 Å². The topological polar surface area (TPSA) is 106 Å². The lowest BCUT2D eigenvalue weighted by molar-refractivity contribution is -0.117. The minimum absolute atomic E-state index is 0.0607. The number of hydrogen-bond donors (Lipinski definition) is 3. The van der Waals surface area contributed by atoms with E-state index < -0.39 is 18.6 Å². The van der Waals surface area contributed by atoms with Gasteiger partial charge in [-0.05, 0) is 40.6 Å². The first-order valence-electron chi connectivity index (χ1n) is 9.16. The number of carbonyl (C=O) groups excluding carboxylic acids is 1. The Morgan fingerprint density at radius 3 is 2.68 bits per heavy atom. The van der Waals surface area contributed by atoms with Crippen LogP contribution in [0.3, 0.4) is 0 Å². The van der Waals surface area contributed by atoms with Crippen molar-refractivity contribution in [2.45, 2.75) is 6.10 Å². The minimum Gasteiger partial charge on any atom is -0.394 e. The van der Waals surface area contributed by atoms with Crippen LogP contribution in [-0.4, -0.2) is 61.7 Å². The van der Waals surface area contributed by atoms with E-state index in [-0.39, 0.29) is 12.1 Å². The fourth-order valence-electron chi connectivity index (χ4n) is 3.05. The second-order valence-electron chi connectivity index (χ2n) is 6.61. The molecule has 1 atom stereocenters. The van der Waals surface area contributed by atoms with Crippen molar-refractivity contribution in [3.8, 4) is 6.07 Å². The third-order valence-corrected chi connectivity index (χ3v) is 4.61. The highest BCUT2D eigenvalue weighted by atomic mass is 16.5. The second kappa shape index (κ2) is 9.33. The summed E-state index contributed by atoms with van der Waals surface area (Å²) >= 11 is 0. The maximum atomic E-state index is 12.1. The Hall–Kier alpha value is -2.92. The lowest BCUT2D eigenvalue weighted by atomic mass is 10.0. The van der Waals surface area contributed by atoms with E-state index in [9.17, 15) is 15.2 Å². The van der Waals surface area contributed by atoms with Crippen LogP contribution in [0.15, 0.2) is 42.0 Å². The summed E-state index contributed by atoms with van der Waals surface area (Å²) in [5.41, 5.74) is 1.83. The third-order valence-electron chi connectivity index (χ3n) is 4.61. The van der Waals surface area contributed by atoms with E-state index in [2.05, 4.69) is 22.3 Å². The molecular weight excluding hydrogens is 358 g/mol. The molecule has 0 saturated carbocycles. The van der Waals surface area contributed by atoms with Gasteiger partial charge in [-0.2, -0.15) is 5.26 Å². The highest BCUT2D eigenvalue weighted by Crippen LogP contribution is 2.24. The molecule has 7 nitrogen and oxygen atoms in total. The van der Waals surface area contributed by atoms with E-state index >= 15 is 0 Å². The van der Waals surface area contributed by atoms with E-state index in [4.69, 9.17) is 9.84 Å². The van der Waals surface area contributed by atoms with Crippen LogP contribution in [-0.2, 0) is 9.53 Å². The molecule has 3 N–H and O–H groups in total. The lowest BCUT2D eigenvalue weighted by Crippen LogP contribution is -2.36. The number of nitriles is 1. The maximum absolute atomic E-state index is 12.1. The van der Waals surface area contributed by atoms with Crippen molar-refractivity contribution < 1.29 is 19.7 Å². The number of fused-ring (bicyclic) bond motifs is 1. The van der Waals surface area contributed by atoms with Crippen molar-refractivity contribution in [3.63, 3.8) is 0 Å². The maximum Gasteiger partial charge on any atom is 0.262 e. The first-order chi connectivity index (χ1) is 13.6. The molecule has 0 radical (unpaired) electrons. The molecular formula is C21H23N3O4. The zero-order valence-electron chi connectivity index (χ0n) is 15.5. The number of benzene rings is 2. The van der Waals surface area contributed by atoms with E-state index in [1.165, 1.54) is 6.08 Å². The number of nitrogens with zero attached hydrogens (tertiary/aromatic N) is 2. The molecule has 1 saturated heterocycles. The summed E-state index contributed by atoms with van der Waals surface area (Å²) in [6.45, 7) is 2.64.